The predicted molar refractivity (Wildman–Crippen MR) is 56.6 cm³/mol. The summed E-state index contributed by atoms with van der Waals surface area (Å²) in [4.78, 5) is 0. The molecule has 0 heterocycles. The minimum atomic E-state index is -1.51. The molecule has 1 aromatic carbocycles. The first kappa shape index (κ1) is 12.4. The lowest BCUT2D eigenvalue weighted by molar-refractivity contribution is 0.0412. The van der Waals surface area contributed by atoms with E-state index in [4.69, 9.17) is 5.73 Å². The Hall–Kier alpha value is -1.07. The Labute approximate surface area is 97.2 Å². The number of aliphatic hydroxyl groups is 1. The quantitative estimate of drug-likeness (QED) is 0.802. The lowest BCUT2D eigenvalue weighted by Crippen LogP contribution is -2.36. The molecule has 1 saturated carbocycles. The van der Waals surface area contributed by atoms with E-state index in [-0.39, 0.29) is 11.5 Å². The van der Waals surface area contributed by atoms with E-state index in [1.165, 1.54) is 0 Å². The summed E-state index contributed by atoms with van der Waals surface area (Å²) in [5.74, 6) is -4.01. The van der Waals surface area contributed by atoms with Crippen molar-refractivity contribution >= 4 is 0 Å². The predicted octanol–water partition coefficient (Wildman–Crippen LogP) is 2.26. The normalized spacial score (nSPS) is 19.8. The van der Waals surface area contributed by atoms with Gasteiger partial charge in [0, 0.05) is 0 Å². The number of benzene rings is 1. The molecular formula is C12H14F3NO. The van der Waals surface area contributed by atoms with Crippen LogP contribution in [0.3, 0.4) is 0 Å². The average Bonchev–Trinajstić information content (AvgIpc) is 2.21. The van der Waals surface area contributed by atoms with Crippen LogP contribution < -0.4 is 5.73 Å². The van der Waals surface area contributed by atoms with Gasteiger partial charge in [0.2, 0.25) is 0 Å². The summed E-state index contributed by atoms with van der Waals surface area (Å²) in [7, 11) is 0. The molecule has 1 aliphatic rings. The van der Waals surface area contributed by atoms with E-state index in [9.17, 15) is 18.3 Å². The van der Waals surface area contributed by atoms with Gasteiger partial charge in [-0.3, -0.25) is 0 Å². The molecule has 0 radical (unpaired) electrons. The lowest BCUT2D eigenvalue weighted by atomic mass is 9.77. The Morgan fingerprint density at radius 1 is 1.18 bits per heavy atom. The van der Waals surface area contributed by atoms with E-state index < -0.39 is 29.6 Å². The van der Waals surface area contributed by atoms with Gasteiger partial charge in [0.25, 0.3) is 0 Å². The first-order valence-electron chi connectivity index (χ1n) is 5.59. The summed E-state index contributed by atoms with van der Waals surface area (Å²) in [6.45, 7) is 0. The second kappa shape index (κ2) is 4.66. The third-order valence-corrected chi connectivity index (χ3v) is 3.39. The van der Waals surface area contributed by atoms with Crippen LogP contribution in [0.4, 0.5) is 13.2 Å². The maximum absolute atomic E-state index is 13.0. The third kappa shape index (κ3) is 2.30. The smallest absolute Gasteiger partial charge is 0.194 e. The van der Waals surface area contributed by atoms with Gasteiger partial charge in [-0.2, -0.15) is 0 Å². The highest BCUT2D eigenvalue weighted by molar-refractivity contribution is 5.23. The Kier molecular flexibility index (Phi) is 3.40. The monoisotopic (exact) mass is 245 g/mol. The van der Waals surface area contributed by atoms with Crippen LogP contribution in [0.15, 0.2) is 12.1 Å². The van der Waals surface area contributed by atoms with Crippen LogP contribution in [0, 0.1) is 23.4 Å². The number of aliphatic hydroxyl groups excluding tert-OH is 1. The highest BCUT2D eigenvalue weighted by Crippen LogP contribution is 2.34. The van der Waals surface area contributed by atoms with Crippen molar-refractivity contribution < 1.29 is 18.3 Å². The fraction of sp³-hybridized carbons (Fsp3) is 0.500. The lowest BCUT2D eigenvalue weighted by Gasteiger charge is -2.33. The van der Waals surface area contributed by atoms with Crippen LogP contribution in [-0.2, 0) is 0 Å². The summed E-state index contributed by atoms with van der Waals surface area (Å²) < 4.78 is 38.8. The van der Waals surface area contributed by atoms with Crippen LogP contribution in [0.1, 0.15) is 30.9 Å². The van der Waals surface area contributed by atoms with E-state index in [1.54, 1.807) is 0 Å². The number of halogens is 3. The molecule has 2 nitrogen and oxygen atoms in total. The fourth-order valence-corrected chi connectivity index (χ4v) is 2.04. The van der Waals surface area contributed by atoms with Crippen molar-refractivity contribution in [2.45, 2.75) is 31.4 Å². The summed E-state index contributed by atoms with van der Waals surface area (Å²) in [6.07, 6.45) is 1.91. The minimum absolute atomic E-state index is 0.0705. The summed E-state index contributed by atoms with van der Waals surface area (Å²) >= 11 is 0. The van der Waals surface area contributed by atoms with Crippen LogP contribution in [0.5, 0.6) is 0 Å². The first-order chi connectivity index (χ1) is 8.00. The molecule has 0 bridgehead atoms. The Morgan fingerprint density at radius 2 is 1.71 bits per heavy atom. The minimum Gasteiger partial charge on any atom is -0.391 e. The van der Waals surface area contributed by atoms with Gasteiger partial charge in [0.15, 0.2) is 17.5 Å². The summed E-state index contributed by atoms with van der Waals surface area (Å²) in [5.41, 5.74) is 5.82. The van der Waals surface area contributed by atoms with Gasteiger partial charge in [-0.1, -0.05) is 6.42 Å². The number of rotatable bonds is 3. The highest BCUT2D eigenvalue weighted by Gasteiger charge is 2.31. The van der Waals surface area contributed by atoms with E-state index in [2.05, 4.69) is 0 Å². The van der Waals surface area contributed by atoms with Crippen molar-refractivity contribution in [1.29, 1.82) is 0 Å². The molecule has 0 aromatic heterocycles. The number of hydrogen-bond donors (Lipinski definition) is 2. The molecular weight excluding hydrogens is 231 g/mol. The van der Waals surface area contributed by atoms with Crippen molar-refractivity contribution in [3.63, 3.8) is 0 Å². The molecule has 0 amide bonds. The molecule has 3 N–H and O–H groups in total. The molecule has 0 saturated heterocycles. The van der Waals surface area contributed by atoms with Crippen molar-refractivity contribution in [2.24, 2.45) is 11.7 Å². The SMILES string of the molecule is N[C@H](c1cc(F)c(F)c(F)c1)[C@@H](O)C1CCC1. The second-order valence-electron chi connectivity index (χ2n) is 4.51. The molecule has 1 fully saturated rings. The zero-order valence-corrected chi connectivity index (χ0v) is 9.17. The largest absolute Gasteiger partial charge is 0.391 e. The molecule has 5 heteroatoms. The van der Waals surface area contributed by atoms with Crippen LogP contribution in [0.25, 0.3) is 0 Å². The van der Waals surface area contributed by atoms with Crippen molar-refractivity contribution in [2.75, 3.05) is 0 Å². The van der Waals surface area contributed by atoms with Gasteiger partial charge in [-0.15, -0.1) is 0 Å². The molecule has 1 aromatic rings. The van der Waals surface area contributed by atoms with Gasteiger partial charge in [-0.25, -0.2) is 13.2 Å². The standard InChI is InChI=1S/C12H14F3NO/c13-8-4-7(5-9(14)10(8)15)11(16)12(17)6-2-1-3-6/h4-6,11-12,17H,1-3,16H2/t11-,12+/m1/s1. The molecule has 0 aliphatic heterocycles. The van der Waals surface area contributed by atoms with Gasteiger partial charge in [-0.05, 0) is 36.5 Å². The third-order valence-electron chi connectivity index (χ3n) is 3.39. The second-order valence-corrected chi connectivity index (χ2v) is 4.51. The molecule has 0 spiro atoms. The average molecular weight is 245 g/mol. The Bertz CT molecular complexity index is 397. The van der Waals surface area contributed by atoms with Crippen molar-refractivity contribution in [1.82, 2.24) is 0 Å². The molecule has 0 unspecified atom stereocenters. The van der Waals surface area contributed by atoms with Crippen LogP contribution in [-0.4, -0.2) is 11.2 Å². The topological polar surface area (TPSA) is 46.2 Å². The van der Waals surface area contributed by atoms with E-state index >= 15 is 0 Å². The van der Waals surface area contributed by atoms with Crippen LogP contribution in [0.2, 0.25) is 0 Å². The van der Waals surface area contributed by atoms with E-state index in [0.29, 0.717) is 0 Å². The van der Waals surface area contributed by atoms with Gasteiger partial charge >= 0.3 is 0 Å². The molecule has 2 atom stereocenters. The summed E-state index contributed by atoms with van der Waals surface area (Å²) in [5, 5.41) is 9.88. The molecule has 2 rings (SSSR count). The maximum Gasteiger partial charge on any atom is 0.194 e. The van der Waals surface area contributed by atoms with Gasteiger partial charge in [0.1, 0.15) is 0 Å². The van der Waals surface area contributed by atoms with Crippen molar-refractivity contribution in [3.8, 4) is 0 Å². The Balaban J connectivity index is 2.21. The molecule has 1 aliphatic carbocycles. The van der Waals surface area contributed by atoms with E-state index in [1.807, 2.05) is 0 Å². The number of nitrogens with two attached hydrogens (primary N) is 1. The molecule has 94 valence electrons. The zero-order chi connectivity index (χ0) is 12.6. The van der Waals surface area contributed by atoms with Gasteiger partial charge < -0.3 is 10.8 Å². The maximum atomic E-state index is 13.0. The van der Waals surface area contributed by atoms with Gasteiger partial charge in [0.05, 0.1) is 12.1 Å². The highest BCUT2D eigenvalue weighted by atomic mass is 19.2. The fourth-order valence-electron chi connectivity index (χ4n) is 2.04. The molecule has 17 heavy (non-hydrogen) atoms. The van der Waals surface area contributed by atoms with Crippen molar-refractivity contribution in [3.05, 3.63) is 35.1 Å². The van der Waals surface area contributed by atoms with E-state index in [0.717, 1.165) is 31.4 Å². The number of hydrogen-bond acceptors (Lipinski definition) is 2. The zero-order valence-electron chi connectivity index (χ0n) is 9.17. The van der Waals surface area contributed by atoms with Crippen LogP contribution >= 0.6 is 0 Å². The summed E-state index contributed by atoms with van der Waals surface area (Å²) in [6, 6.07) is 0.792. The Morgan fingerprint density at radius 3 is 2.12 bits per heavy atom. The first-order valence-corrected chi connectivity index (χ1v) is 5.59.